The van der Waals surface area contributed by atoms with E-state index in [4.69, 9.17) is 5.73 Å². The quantitative estimate of drug-likeness (QED) is 0.785. The molecule has 0 aromatic heterocycles. The molecule has 0 radical (unpaired) electrons. The van der Waals surface area contributed by atoms with Gasteiger partial charge in [0.25, 0.3) is 0 Å². The molecule has 1 aromatic rings. The van der Waals surface area contributed by atoms with Gasteiger partial charge in [-0.25, -0.2) is 0 Å². The Kier molecular flexibility index (Phi) is 4.65. The summed E-state index contributed by atoms with van der Waals surface area (Å²) in [7, 11) is 0. The predicted octanol–water partition coefficient (Wildman–Crippen LogP) is 2.64. The Morgan fingerprint density at radius 2 is 2.15 bits per heavy atom. The molecule has 0 spiro atoms. The third-order valence-electron chi connectivity index (χ3n) is 3.92. The van der Waals surface area contributed by atoms with Crippen LogP contribution < -0.4 is 11.1 Å². The average molecular weight is 275 g/mol. The van der Waals surface area contributed by atoms with E-state index >= 15 is 0 Å². The third-order valence-corrected chi connectivity index (χ3v) is 3.92. The van der Waals surface area contributed by atoms with Gasteiger partial charge < -0.3 is 11.1 Å². The number of hydrogen-bond donors (Lipinski definition) is 2. The molecule has 1 fully saturated rings. The number of carbonyl (C=O) groups is 1. The highest BCUT2D eigenvalue weighted by atomic mass is 16.2. The highest BCUT2D eigenvalue weighted by Crippen LogP contribution is 2.30. The number of hydrogen-bond acceptors (Lipinski definition) is 3. The summed E-state index contributed by atoms with van der Waals surface area (Å²) in [5.74, 6) is 0.826. The lowest BCUT2D eigenvalue weighted by Crippen LogP contribution is -2.39. The summed E-state index contributed by atoms with van der Waals surface area (Å²) in [4.78, 5) is 14.4. The van der Waals surface area contributed by atoms with Crippen LogP contribution >= 0.6 is 0 Å². The fourth-order valence-corrected chi connectivity index (χ4v) is 2.25. The Hall–Kier alpha value is -1.55. The third kappa shape index (κ3) is 3.97. The summed E-state index contributed by atoms with van der Waals surface area (Å²) in [6.07, 6.45) is 2.61. The molecule has 1 amide bonds. The fourth-order valence-electron chi connectivity index (χ4n) is 2.25. The van der Waals surface area contributed by atoms with Gasteiger partial charge in [0.05, 0.1) is 6.54 Å². The molecule has 0 saturated heterocycles. The molecule has 1 aliphatic rings. The zero-order valence-electron chi connectivity index (χ0n) is 12.6. The van der Waals surface area contributed by atoms with Gasteiger partial charge in [0, 0.05) is 24.0 Å². The first-order valence-corrected chi connectivity index (χ1v) is 7.36. The van der Waals surface area contributed by atoms with Gasteiger partial charge in [-0.15, -0.1) is 0 Å². The van der Waals surface area contributed by atoms with Crippen LogP contribution in [0.2, 0.25) is 0 Å². The summed E-state index contributed by atoms with van der Waals surface area (Å²) < 4.78 is 0. The number of nitrogen functional groups attached to an aromatic ring is 1. The van der Waals surface area contributed by atoms with E-state index in [0.29, 0.717) is 18.3 Å². The first-order valence-electron chi connectivity index (χ1n) is 7.36. The number of carbonyl (C=O) groups excluding carboxylic acids is 1. The number of benzene rings is 1. The van der Waals surface area contributed by atoms with Gasteiger partial charge >= 0.3 is 0 Å². The van der Waals surface area contributed by atoms with E-state index in [1.165, 1.54) is 12.8 Å². The van der Waals surface area contributed by atoms with Crippen molar-refractivity contribution in [1.82, 2.24) is 4.90 Å². The highest BCUT2D eigenvalue weighted by Gasteiger charge is 2.26. The van der Waals surface area contributed by atoms with Crippen molar-refractivity contribution in [3.05, 3.63) is 23.8 Å². The second-order valence-corrected chi connectivity index (χ2v) is 6.03. The zero-order valence-corrected chi connectivity index (χ0v) is 12.6. The minimum Gasteiger partial charge on any atom is -0.398 e. The molecule has 4 nitrogen and oxygen atoms in total. The molecule has 0 heterocycles. The SMILES string of the molecule is Cc1c(N)cccc1NC(=O)CN(CC1CC1)C(C)C. The van der Waals surface area contributed by atoms with Crippen molar-refractivity contribution in [2.24, 2.45) is 5.92 Å². The Morgan fingerprint density at radius 3 is 2.75 bits per heavy atom. The fraction of sp³-hybridized carbons (Fsp3) is 0.562. The van der Waals surface area contributed by atoms with Gasteiger partial charge in [0.2, 0.25) is 5.91 Å². The van der Waals surface area contributed by atoms with E-state index in [-0.39, 0.29) is 5.91 Å². The van der Waals surface area contributed by atoms with E-state index in [1.807, 2.05) is 25.1 Å². The Bertz CT molecular complexity index is 481. The van der Waals surface area contributed by atoms with Crippen LogP contribution in [-0.4, -0.2) is 29.9 Å². The second-order valence-electron chi connectivity index (χ2n) is 6.03. The van der Waals surface area contributed by atoms with Crippen molar-refractivity contribution in [3.8, 4) is 0 Å². The maximum Gasteiger partial charge on any atom is 0.238 e. The van der Waals surface area contributed by atoms with Gasteiger partial charge in [-0.1, -0.05) is 6.07 Å². The Labute approximate surface area is 121 Å². The molecule has 1 saturated carbocycles. The molecular formula is C16H25N3O. The summed E-state index contributed by atoms with van der Waals surface area (Å²) in [5.41, 5.74) is 8.31. The number of rotatable bonds is 6. The smallest absolute Gasteiger partial charge is 0.238 e. The van der Waals surface area contributed by atoms with Crippen molar-refractivity contribution >= 4 is 17.3 Å². The summed E-state index contributed by atoms with van der Waals surface area (Å²) in [6, 6.07) is 5.99. The molecule has 0 aliphatic heterocycles. The van der Waals surface area contributed by atoms with Crippen LogP contribution in [0.25, 0.3) is 0 Å². The van der Waals surface area contributed by atoms with Crippen molar-refractivity contribution in [2.75, 3.05) is 24.1 Å². The van der Waals surface area contributed by atoms with E-state index in [9.17, 15) is 4.79 Å². The summed E-state index contributed by atoms with van der Waals surface area (Å²) >= 11 is 0. The monoisotopic (exact) mass is 275 g/mol. The van der Waals surface area contributed by atoms with Crippen molar-refractivity contribution in [3.63, 3.8) is 0 Å². The predicted molar refractivity (Wildman–Crippen MR) is 83.7 cm³/mol. The number of nitrogens with one attached hydrogen (secondary N) is 1. The zero-order chi connectivity index (χ0) is 14.7. The van der Waals surface area contributed by atoms with Crippen molar-refractivity contribution in [1.29, 1.82) is 0 Å². The number of amides is 1. The number of nitrogens with zero attached hydrogens (tertiary/aromatic N) is 1. The second kappa shape index (κ2) is 6.27. The van der Waals surface area contributed by atoms with Crippen LogP contribution in [0.1, 0.15) is 32.3 Å². The molecule has 0 unspecified atom stereocenters. The standard InChI is InChI=1S/C16H25N3O/c1-11(2)19(9-13-7-8-13)10-16(20)18-15-6-4-5-14(17)12(15)3/h4-6,11,13H,7-10,17H2,1-3H3,(H,18,20). The van der Waals surface area contributed by atoms with Crippen molar-refractivity contribution < 1.29 is 4.79 Å². The lowest BCUT2D eigenvalue weighted by atomic mass is 10.1. The van der Waals surface area contributed by atoms with Crippen LogP contribution in [0.5, 0.6) is 0 Å². The molecule has 1 aliphatic carbocycles. The summed E-state index contributed by atoms with van der Waals surface area (Å²) in [6.45, 7) is 7.68. The number of nitrogens with two attached hydrogens (primary N) is 1. The van der Waals surface area contributed by atoms with Gasteiger partial charge in [0.1, 0.15) is 0 Å². The first kappa shape index (κ1) is 14.9. The Morgan fingerprint density at radius 1 is 1.45 bits per heavy atom. The van der Waals surface area contributed by atoms with E-state index < -0.39 is 0 Å². The maximum atomic E-state index is 12.2. The first-order chi connectivity index (χ1) is 9.47. The molecule has 3 N–H and O–H groups in total. The van der Waals surface area contributed by atoms with Gasteiger partial charge in [-0.2, -0.15) is 0 Å². The van der Waals surface area contributed by atoms with Crippen molar-refractivity contribution in [2.45, 2.75) is 39.7 Å². The molecule has 1 aromatic carbocycles. The highest BCUT2D eigenvalue weighted by molar-refractivity contribution is 5.93. The van der Waals surface area contributed by atoms with E-state index in [2.05, 4.69) is 24.1 Å². The van der Waals surface area contributed by atoms with Crippen LogP contribution in [0, 0.1) is 12.8 Å². The molecule has 20 heavy (non-hydrogen) atoms. The van der Waals surface area contributed by atoms with Crippen LogP contribution in [0.3, 0.4) is 0 Å². The molecule has 110 valence electrons. The maximum absolute atomic E-state index is 12.2. The van der Waals surface area contributed by atoms with Crippen LogP contribution in [-0.2, 0) is 4.79 Å². The molecule has 0 bridgehead atoms. The lowest BCUT2D eigenvalue weighted by Gasteiger charge is -2.25. The Balaban J connectivity index is 1.94. The van der Waals surface area contributed by atoms with Crippen LogP contribution in [0.4, 0.5) is 11.4 Å². The normalized spacial score (nSPS) is 14.8. The minimum absolute atomic E-state index is 0.0352. The van der Waals surface area contributed by atoms with Crippen LogP contribution in [0.15, 0.2) is 18.2 Å². The average Bonchev–Trinajstić information content (AvgIpc) is 3.18. The molecule has 0 atom stereocenters. The van der Waals surface area contributed by atoms with Gasteiger partial charge in [0.15, 0.2) is 0 Å². The summed E-state index contributed by atoms with van der Waals surface area (Å²) in [5, 5.41) is 2.97. The van der Waals surface area contributed by atoms with Gasteiger partial charge in [-0.3, -0.25) is 9.69 Å². The van der Waals surface area contributed by atoms with E-state index in [1.54, 1.807) is 0 Å². The molecule has 2 rings (SSSR count). The topological polar surface area (TPSA) is 58.4 Å². The van der Waals surface area contributed by atoms with E-state index in [0.717, 1.165) is 23.7 Å². The molecular weight excluding hydrogens is 250 g/mol. The molecule has 4 heteroatoms. The van der Waals surface area contributed by atoms with Gasteiger partial charge in [-0.05, 0) is 57.2 Å². The minimum atomic E-state index is 0.0352. The largest absolute Gasteiger partial charge is 0.398 e. The number of anilines is 2. The lowest BCUT2D eigenvalue weighted by molar-refractivity contribution is -0.117.